The standard InChI is InChI=1S/C17H15N3/c1-16(13-18)12-17(20-19-16,14-8-4-2-5-9-14)15-10-6-3-7-11-15/h2-11H,12H2,1H3. The van der Waals surface area contributed by atoms with Gasteiger partial charge >= 0.3 is 0 Å². The van der Waals surface area contributed by atoms with E-state index in [2.05, 4.69) is 40.6 Å². The number of benzene rings is 2. The Morgan fingerprint density at radius 1 is 0.900 bits per heavy atom. The summed E-state index contributed by atoms with van der Waals surface area (Å²) in [5, 5.41) is 18.1. The van der Waals surface area contributed by atoms with Crippen LogP contribution in [-0.4, -0.2) is 5.54 Å². The zero-order valence-corrected chi connectivity index (χ0v) is 11.3. The zero-order valence-electron chi connectivity index (χ0n) is 11.3. The highest BCUT2D eigenvalue weighted by atomic mass is 15.2. The zero-order chi connectivity index (χ0) is 14.1. The molecule has 3 rings (SSSR count). The van der Waals surface area contributed by atoms with Crippen molar-refractivity contribution in [3.63, 3.8) is 0 Å². The molecule has 98 valence electrons. The molecular formula is C17H15N3. The molecule has 3 heteroatoms. The molecule has 3 nitrogen and oxygen atoms in total. The third-order valence-electron chi connectivity index (χ3n) is 3.79. The van der Waals surface area contributed by atoms with Gasteiger partial charge in [-0.3, -0.25) is 0 Å². The SMILES string of the molecule is CC1(C#N)CC(c2ccccc2)(c2ccccc2)N=N1. The van der Waals surface area contributed by atoms with Gasteiger partial charge in [-0.15, -0.1) is 0 Å². The lowest BCUT2D eigenvalue weighted by atomic mass is 9.76. The lowest BCUT2D eigenvalue weighted by molar-refractivity contribution is 0.479. The maximum absolute atomic E-state index is 9.35. The molecule has 1 heterocycles. The number of azo groups is 1. The summed E-state index contributed by atoms with van der Waals surface area (Å²) in [7, 11) is 0. The summed E-state index contributed by atoms with van der Waals surface area (Å²) in [5.74, 6) is 0. The van der Waals surface area contributed by atoms with Crippen LogP contribution in [0.2, 0.25) is 0 Å². The van der Waals surface area contributed by atoms with Gasteiger partial charge in [0.05, 0.1) is 6.07 Å². The van der Waals surface area contributed by atoms with E-state index in [0.717, 1.165) is 11.1 Å². The molecule has 2 aromatic rings. The number of hydrogen-bond donors (Lipinski definition) is 0. The van der Waals surface area contributed by atoms with Gasteiger partial charge < -0.3 is 0 Å². The minimum Gasteiger partial charge on any atom is -0.196 e. The van der Waals surface area contributed by atoms with Crippen LogP contribution in [0.15, 0.2) is 70.9 Å². The van der Waals surface area contributed by atoms with Crippen molar-refractivity contribution in [1.29, 1.82) is 5.26 Å². The van der Waals surface area contributed by atoms with Crippen LogP contribution in [0.25, 0.3) is 0 Å². The van der Waals surface area contributed by atoms with Crippen molar-refractivity contribution in [2.24, 2.45) is 10.2 Å². The number of nitriles is 1. The van der Waals surface area contributed by atoms with Gasteiger partial charge in [0.1, 0.15) is 5.54 Å². The Morgan fingerprint density at radius 3 is 1.80 bits per heavy atom. The van der Waals surface area contributed by atoms with E-state index in [4.69, 9.17) is 0 Å². The van der Waals surface area contributed by atoms with Crippen molar-refractivity contribution >= 4 is 0 Å². The van der Waals surface area contributed by atoms with E-state index in [0.29, 0.717) is 6.42 Å². The van der Waals surface area contributed by atoms with Gasteiger partial charge in [0.2, 0.25) is 0 Å². The highest BCUT2D eigenvalue weighted by Crippen LogP contribution is 2.46. The Hall–Kier alpha value is -2.47. The fourth-order valence-corrected chi connectivity index (χ4v) is 2.74. The lowest BCUT2D eigenvalue weighted by Crippen LogP contribution is -2.29. The molecule has 1 atom stereocenters. The average Bonchev–Trinajstić information content (AvgIpc) is 2.89. The Kier molecular flexibility index (Phi) is 2.87. The Labute approximate surface area is 118 Å². The molecule has 0 aliphatic carbocycles. The van der Waals surface area contributed by atoms with E-state index in [1.54, 1.807) is 0 Å². The van der Waals surface area contributed by atoms with Crippen molar-refractivity contribution in [1.82, 2.24) is 0 Å². The summed E-state index contributed by atoms with van der Waals surface area (Å²) in [4.78, 5) is 0. The minimum atomic E-state index is -0.758. The molecule has 0 bridgehead atoms. The predicted octanol–water partition coefficient (Wildman–Crippen LogP) is 4.07. The largest absolute Gasteiger partial charge is 0.196 e. The number of rotatable bonds is 2. The second-order valence-corrected chi connectivity index (χ2v) is 5.35. The summed E-state index contributed by atoms with van der Waals surface area (Å²) in [6.07, 6.45) is 0.574. The monoisotopic (exact) mass is 261 g/mol. The second-order valence-electron chi connectivity index (χ2n) is 5.35. The number of hydrogen-bond acceptors (Lipinski definition) is 3. The lowest BCUT2D eigenvalue weighted by Gasteiger charge is -2.27. The van der Waals surface area contributed by atoms with Gasteiger partial charge in [-0.05, 0) is 18.1 Å². The van der Waals surface area contributed by atoms with Gasteiger partial charge in [-0.25, -0.2) is 0 Å². The summed E-state index contributed by atoms with van der Waals surface area (Å²) >= 11 is 0. The van der Waals surface area contributed by atoms with E-state index < -0.39 is 11.1 Å². The summed E-state index contributed by atoms with van der Waals surface area (Å²) in [6, 6.07) is 22.4. The smallest absolute Gasteiger partial charge is 0.167 e. The fraction of sp³-hybridized carbons (Fsp3) is 0.235. The molecule has 0 spiro atoms. The van der Waals surface area contributed by atoms with Crippen LogP contribution >= 0.6 is 0 Å². The molecule has 2 aromatic carbocycles. The van der Waals surface area contributed by atoms with Crippen LogP contribution in [0.5, 0.6) is 0 Å². The van der Waals surface area contributed by atoms with Crippen molar-refractivity contribution in [2.75, 3.05) is 0 Å². The minimum absolute atomic E-state index is 0.549. The normalized spacial score (nSPS) is 23.4. The fourth-order valence-electron chi connectivity index (χ4n) is 2.74. The van der Waals surface area contributed by atoms with Crippen molar-refractivity contribution in [3.05, 3.63) is 71.8 Å². The van der Waals surface area contributed by atoms with E-state index >= 15 is 0 Å². The van der Waals surface area contributed by atoms with Gasteiger partial charge in [0, 0.05) is 6.42 Å². The van der Waals surface area contributed by atoms with E-state index in [1.165, 1.54) is 0 Å². The van der Waals surface area contributed by atoms with Crippen molar-refractivity contribution in [3.8, 4) is 6.07 Å². The molecule has 0 radical (unpaired) electrons. The summed E-state index contributed by atoms with van der Waals surface area (Å²) in [6.45, 7) is 1.84. The molecule has 0 saturated heterocycles. The van der Waals surface area contributed by atoms with E-state index in [-0.39, 0.29) is 0 Å². The Balaban J connectivity index is 2.17. The van der Waals surface area contributed by atoms with Crippen LogP contribution < -0.4 is 0 Å². The number of nitrogens with zero attached hydrogens (tertiary/aromatic N) is 3. The van der Waals surface area contributed by atoms with Crippen LogP contribution in [0.4, 0.5) is 0 Å². The predicted molar refractivity (Wildman–Crippen MR) is 77.2 cm³/mol. The Bertz CT molecular complexity index is 631. The molecule has 1 unspecified atom stereocenters. The summed E-state index contributed by atoms with van der Waals surface area (Å²) in [5.41, 5.74) is 0.849. The quantitative estimate of drug-likeness (QED) is 0.803. The first-order valence-corrected chi connectivity index (χ1v) is 6.65. The van der Waals surface area contributed by atoms with Crippen LogP contribution in [0.1, 0.15) is 24.5 Å². The molecule has 0 amide bonds. The molecule has 20 heavy (non-hydrogen) atoms. The van der Waals surface area contributed by atoms with Crippen molar-refractivity contribution in [2.45, 2.75) is 24.4 Å². The molecule has 0 N–H and O–H groups in total. The first-order chi connectivity index (χ1) is 9.69. The van der Waals surface area contributed by atoms with E-state index in [1.807, 2.05) is 43.3 Å². The maximum atomic E-state index is 9.35. The molecule has 0 saturated carbocycles. The third-order valence-corrected chi connectivity index (χ3v) is 3.79. The summed E-state index contributed by atoms with van der Waals surface area (Å²) < 4.78 is 0. The van der Waals surface area contributed by atoms with E-state index in [9.17, 15) is 5.26 Å². The van der Waals surface area contributed by atoms with Gasteiger partial charge in [-0.1, -0.05) is 60.7 Å². The molecule has 0 fully saturated rings. The highest BCUT2D eigenvalue weighted by Gasteiger charge is 2.47. The van der Waals surface area contributed by atoms with Crippen LogP contribution in [0.3, 0.4) is 0 Å². The van der Waals surface area contributed by atoms with Gasteiger partial charge in [0.25, 0.3) is 0 Å². The third kappa shape index (κ3) is 1.90. The Morgan fingerprint density at radius 2 is 1.40 bits per heavy atom. The first-order valence-electron chi connectivity index (χ1n) is 6.65. The van der Waals surface area contributed by atoms with Crippen LogP contribution in [0, 0.1) is 11.3 Å². The topological polar surface area (TPSA) is 48.5 Å². The molecule has 1 aliphatic rings. The first kappa shape index (κ1) is 12.6. The molecule has 0 aromatic heterocycles. The maximum Gasteiger partial charge on any atom is 0.167 e. The highest BCUT2D eigenvalue weighted by molar-refractivity contribution is 5.41. The van der Waals surface area contributed by atoms with Crippen LogP contribution in [-0.2, 0) is 5.54 Å². The second kappa shape index (κ2) is 4.57. The van der Waals surface area contributed by atoms with Gasteiger partial charge in [0.15, 0.2) is 5.54 Å². The average molecular weight is 261 g/mol. The molecular weight excluding hydrogens is 246 g/mol. The van der Waals surface area contributed by atoms with Gasteiger partial charge in [-0.2, -0.15) is 15.5 Å². The molecule has 1 aliphatic heterocycles. The van der Waals surface area contributed by atoms with Crippen molar-refractivity contribution < 1.29 is 0 Å².